The van der Waals surface area contributed by atoms with Crippen molar-refractivity contribution in [3.05, 3.63) is 29.3 Å². The van der Waals surface area contributed by atoms with E-state index >= 15 is 0 Å². The Morgan fingerprint density at radius 2 is 2.25 bits per heavy atom. The van der Waals surface area contributed by atoms with E-state index in [0.29, 0.717) is 12.2 Å². The Morgan fingerprint density at radius 1 is 1.44 bits per heavy atom. The minimum absolute atomic E-state index is 0.269. The van der Waals surface area contributed by atoms with Crippen molar-refractivity contribution in [1.29, 1.82) is 0 Å². The maximum Gasteiger partial charge on any atom is 0.149 e. The van der Waals surface area contributed by atoms with Crippen molar-refractivity contribution in [3.8, 4) is 0 Å². The van der Waals surface area contributed by atoms with E-state index in [2.05, 4.69) is 11.9 Å². The zero-order chi connectivity index (χ0) is 11.4. The SMILES string of the molecule is CCSCC(=O)Cc1nc2ccccc2s1. The molecular weight excluding hydrogens is 238 g/mol. The molecule has 84 valence electrons. The summed E-state index contributed by atoms with van der Waals surface area (Å²) in [7, 11) is 0. The lowest BCUT2D eigenvalue weighted by atomic mass is 10.3. The van der Waals surface area contributed by atoms with Crippen LogP contribution in [0.3, 0.4) is 0 Å². The van der Waals surface area contributed by atoms with Crippen LogP contribution in [0.2, 0.25) is 0 Å². The molecule has 0 atom stereocenters. The van der Waals surface area contributed by atoms with E-state index in [9.17, 15) is 4.79 Å². The molecule has 0 saturated carbocycles. The van der Waals surface area contributed by atoms with Gasteiger partial charge in [-0.05, 0) is 17.9 Å². The molecule has 4 heteroatoms. The highest BCUT2D eigenvalue weighted by molar-refractivity contribution is 7.99. The van der Waals surface area contributed by atoms with Crippen LogP contribution < -0.4 is 0 Å². The number of benzene rings is 1. The van der Waals surface area contributed by atoms with Gasteiger partial charge in [0, 0.05) is 0 Å². The van der Waals surface area contributed by atoms with E-state index in [1.807, 2.05) is 24.3 Å². The number of para-hydroxylation sites is 1. The quantitative estimate of drug-likeness (QED) is 0.817. The first-order chi connectivity index (χ1) is 7.79. The Bertz CT molecular complexity index is 459. The minimum atomic E-state index is 0.269. The number of hydrogen-bond donors (Lipinski definition) is 0. The highest BCUT2D eigenvalue weighted by atomic mass is 32.2. The molecule has 0 fully saturated rings. The molecule has 0 amide bonds. The summed E-state index contributed by atoms with van der Waals surface area (Å²) in [5, 5.41) is 0.933. The van der Waals surface area contributed by atoms with Crippen LogP contribution in [0.5, 0.6) is 0 Å². The van der Waals surface area contributed by atoms with Gasteiger partial charge in [-0.3, -0.25) is 4.79 Å². The third kappa shape index (κ3) is 2.83. The summed E-state index contributed by atoms with van der Waals surface area (Å²) in [5.41, 5.74) is 0.999. The summed E-state index contributed by atoms with van der Waals surface area (Å²) in [5.74, 6) is 1.86. The number of aromatic nitrogens is 1. The fraction of sp³-hybridized carbons (Fsp3) is 0.333. The van der Waals surface area contributed by atoms with Crippen molar-refractivity contribution in [3.63, 3.8) is 0 Å². The Labute approximate surface area is 103 Å². The molecule has 1 heterocycles. The number of rotatable bonds is 5. The molecular formula is C12H13NOS2. The zero-order valence-corrected chi connectivity index (χ0v) is 10.7. The van der Waals surface area contributed by atoms with Gasteiger partial charge in [-0.15, -0.1) is 11.3 Å². The summed E-state index contributed by atoms with van der Waals surface area (Å²) in [6, 6.07) is 8.00. The Balaban J connectivity index is 2.07. The number of fused-ring (bicyclic) bond motifs is 1. The van der Waals surface area contributed by atoms with Crippen molar-refractivity contribution < 1.29 is 4.79 Å². The number of nitrogens with zero attached hydrogens (tertiary/aromatic N) is 1. The lowest BCUT2D eigenvalue weighted by molar-refractivity contribution is -0.115. The summed E-state index contributed by atoms with van der Waals surface area (Å²) in [6.45, 7) is 2.07. The summed E-state index contributed by atoms with van der Waals surface area (Å²) < 4.78 is 1.16. The number of carbonyl (C=O) groups excluding carboxylic acids is 1. The molecule has 2 rings (SSSR count). The predicted molar refractivity (Wildman–Crippen MR) is 71.3 cm³/mol. The standard InChI is InChI=1S/C12H13NOS2/c1-2-15-8-9(14)7-12-13-10-5-3-4-6-11(10)16-12/h3-6H,2,7-8H2,1H3. The number of thiazole rings is 1. The van der Waals surface area contributed by atoms with E-state index in [0.717, 1.165) is 21.0 Å². The van der Waals surface area contributed by atoms with E-state index < -0.39 is 0 Å². The van der Waals surface area contributed by atoms with E-state index in [4.69, 9.17) is 0 Å². The average Bonchev–Trinajstić information content (AvgIpc) is 2.68. The van der Waals surface area contributed by atoms with Gasteiger partial charge in [-0.1, -0.05) is 19.1 Å². The summed E-state index contributed by atoms with van der Waals surface area (Å²) >= 11 is 3.29. The van der Waals surface area contributed by atoms with Gasteiger partial charge in [-0.25, -0.2) is 4.98 Å². The molecule has 2 aromatic rings. The number of Topliss-reactive ketones (excluding diaryl/α,β-unsaturated/α-hetero) is 1. The van der Waals surface area contributed by atoms with Crippen molar-refractivity contribution in [2.24, 2.45) is 0 Å². The lowest BCUT2D eigenvalue weighted by Crippen LogP contribution is -2.05. The van der Waals surface area contributed by atoms with Gasteiger partial charge < -0.3 is 0 Å². The van der Waals surface area contributed by atoms with Gasteiger partial charge in [0.2, 0.25) is 0 Å². The molecule has 0 saturated heterocycles. The molecule has 0 aliphatic carbocycles. The van der Waals surface area contributed by atoms with Crippen LogP contribution in [0, 0.1) is 0 Å². The average molecular weight is 251 g/mol. The maximum absolute atomic E-state index is 11.6. The monoisotopic (exact) mass is 251 g/mol. The van der Waals surface area contributed by atoms with Crippen molar-refractivity contribution in [2.45, 2.75) is 13.3 Å². The highest BCUT2D eigenvalue weighted by Gasteiger charge is 2.08. The van der Waals surface area contributed by atoms with Crippen molar-refractivity contribution >= 4 is 39.1 Å². The molecule has 0 aliphatic heterocycles. The largest absolute Gasteiger partial charge is 0.298 e. The zero-order valence-electron chi connectivity index (χ0n) is 9.10. The van der Waals surface area contributed by atoms with Crippen LogP contribution >= 0.6 is 23.1 Å². The molecule has 2 nitrogen and oxygen atoms in total. The lowest BCUT2D eigenvalue weighted by Gasteiger charge is -1.95. The van der Waals surface area contributed by atoms with E-state index in [-0.39, 0.29) is 5.78 Å². The third-order valence-electron chi connectivity index (χ3n) is 2.15. The first-order valence-corrected chi connectivity index (χ1v) is 7.20. The van der Waals surface area contributed by atoms with Gasteiger partial charge >= 0.3 is 0 Å². The molecule has 0 N–H and O–H groups in total. The van der Waals surface area contributed by atoms with Crippen LogP contribution in [0.1, 0.15) is 11.9 Å². The topological polar surface area (TPSA) is 30.0 Å². The first-order valence-electron chi connectivity index (χ1n) is 5.23. The minimum Gasteiger partial charge on any atom is -0.298 e. The van der Waals surface area contributed by atoms with Crippen molar-refractivity contribution in [2.75, 3.05) is 11.5 Å². The predicted octanol–water partition coefficient (Wildman–Crippen LogP) is 3.16. The second-order valence-electron chi connectivity index (χ2n) is 3.43. The normalized spacial score (nSPS) is 10.8. The smallest absolute Gasteiger partial charge is 0.149 e. The summed E-state index contributed by atoms with van der Waals surface area (Å²) in [4.78, 5) is 16.0. The van der Waals surface area contributed by atoms with Crippen molar-refractivity contribution in [1.82, 2.24) is 4.98 Å². The molecule has 0 unspecified atom stereocenters. The highest BCUT2D eigenvalue weighted by Crippen LogP contribution is 2.22. The van der Waals surface area contributed by atoms with Gasteiger partial charge in [0.05, 0.1) is 22.4 Å². The fourth-order valence-electron chi connectivity index (χ4n) is 1.43. The summed E-state index contributed by atoms with van der Waals surface area (Å²) in [6.07, 6.45) is 0.479. The van der Waals surface area contributed by atoms with Crippen LogP contribution in [0.25, 0.3) is 10.2 Å². The molecule has 0 bridgehead atoms. The Morgan fingerprint density at radius 3 is 3.00 bits per heavy atom. The molecule has 16 heavy (non-hydrogen) atoms. The third-order valence-corrected chi connectivity index (χ3v) is 4.12. The second kappa shape index (κ2) is 5.46. The van der Waals surface area contributed by atoms with Gasteiger partial charge in [-0.2, -0.15) is 11.8 Å². The van der Waals surface area contributed by atoms with E-state index in [1.54, 1.807) is 23.1 Å². The molecule has 0 aliphatic rings. The molecule has 1 aromatic heterocycles. The van der Waals surface area contributed by atoms with E-state index in [1.165, 1.54) is 0 Å². The molecule has 0 radical (unpaired) electrons. The van der Waals surface area contributed by atoms with Crippen LogP contribution in [0.15, 0.2) is 24.3 Å². The Kier molecular flexibility index (Phi) is 3.96. The number of carbonyl (C=O) groups is 1. The van der Waals surface area contributed by atoms with Gasteiger partial charge in [0.1, 0.15) is 10.8 Å². The Hall–Kier alpha value is -0.870. The first kappa shape index (κ1) is 11.6. The second-order valence-corrected chi connectivity index (χ2v) is 5.82. The molecule has 1 aromatic carbocycles. The number of thioether (sulfide) groups is 1. The molecule has 0 spiro atoms. The van der Waals surface area contributed by atoms with Crippen LogP contribution in [0.4, 0.5) is 0 Å². The fourth-order valence-corrected chi connectivity index (χ4v) is 2.96. The van der Waals surface area contributed by atoms with Gasteiger partial charge in [0.25, 0.3) is 0 Å². The number of hydrogen-bond acceptors (Lipinski definition) is 4. The maximum atomic E-state index is 11.6. The van der Waals surface area contributed by atoms with Crippen LogP contribution in [-0.4, -0.2) is 22.3 Å². The number of ketones is 1. The van der Waals surface area contributed by atoms with Gasteiger partial charge in [0.15, 0.2) is 0 Å². The van der Waals surface area contributed by atoms with Crippen LogP contribution in [-0.2, 0) is 11.2 Å².